The molecule has 5 nitrogen and oxygen atoms in total. The van der Waals surface area contributed by atoms with Crippen LogP contribution in [-0.4, -0.2) is 43.6 Å². The molecule has 1 atom stereocenters. The van der Waals surface area contributed by atoms with Crippen molar-refractivity contribution in [2.24, 2.45) is 0 Å². The van der Waals surface area contributed by atoms with Gasteiger partial charge < -0.3 is 20.7 Å². The first-order valence-electron chi connectivity index (χ1n) is 7.07. The van der Waals surface area contributed by atoms with Crippen LogP contribution in [0.3, 0.4) is 0 Å². The van der Waals surface area contributed by atoms with Crippen LogP contribution in [0.15, 0.2) is 18.2 Å². The zero-order chi connectivity index (χ0) is 14.5. The Labute approximate surface area is 120 Å². The minimum Gasteiger partial charge on any atom is -0.495 e. The minimum atomic E-state index is -0.0916. The average Bonchev–Trinajstić information content (AvgIpc) is 2.91. The second kappa shape index (κ2) is 6.61. The van der Waals surface area contributed by atoms with Crippen molar-refractivity contribution >= 4 is 11.6 Å². The molecule has 0 saturated carbocycles. The van der Waals surface area contributed by atoms with E-state index in [1.54, 1.807) is 25.3 Å². The Bertz CT molecular complexity index is 470. The second-order valence-electron chi connectivity index (χ2n) is 5.34. The first-order chi connectivity index (χ1) is 9.60. The maximum atomic E-state index is 12.2. The number of anilines is 1. The van der Waals surface area contributed by atoms with Crippen molar-refractivity contribution in [2.45, 2.75) is 25.8 Å². The maximum absolute atomic E-state index is 12.2. The van der Waals surface area contributed by atoms with Gasteiger partial charge in [0, 0.05) is 18.2 Å². The van der Waals surface area contributed by atoms with Crippen LogP contribution in [0, 0.1) is 0 Å². The fraction of sp³-hybridized carbons (Fsp3) is 0.533. The highest BCUT2D eigenvalue weighted by Gasteiger charge is 2.17. The summed E-state index contributed by atoms with van der Waals surface area (Å²) in [5, 5.41) is 3.01. The number of nitrogens with one attached hydrogen (secondary N) is 1. The molecule has 20 heavy (non-hydrogen) atoms. The molecule has 2 rings (SSSR count). The van der Waals surface area contributed by atoms with E-state index >= 15 is 0 Å². The van der Waals surface area contributed by atoms with Gasteiger partial charge in [0.1, 0.15) is 5.75 Å². The van der Waals surface area contributed by atoms with Crippen LogP contribution in [0.5, 0.6) is 5.75 Å². The predicted molar refractivity (Wildman–Crippen MR) is 80.0 cm³/mol. The third-order valence-electron chi connectivity index (χ3n) is 3.60. The van der Waals surface area contributed by atoms with Gasteiger partial charge in [0.2, 0.25) is 0 Å². The van der Waals surface area contributed by atoms with Gasteiger partial charge in [-0.05, 0) is 51.1 Å². The first kappa shape index (κ1) is 14.7. The molecule has 1 aliphatic heterocycles. The largest absolute Gasteiger partial charge is 0.495 e. The molecule has 1 aromatic carbocycles. The lowest BCUT2D eigenvalue weighted by Crippen LogP contribution is -2.41. The first-order valence-corrected chi connectivity index (χ1v) is 7.07. The summed E-state index contributed by atoms with van der Waals surface area (Å²) in [6.07, 6.45) is 2.52. The Morgan fingerprint density at radius 2 is 2.15 bits per heavy atom. The van der Waals surface area contributed by atoms with Crippen molar-refractivity contribution in [1.82, 2.24) is 10.2 Å². The molecule has 1 fully saturated rings. The van der Waals surface area contributed by atoms with Crippen molar-refractivity contribution in [3.8, 4) is 5.75 Å². The Hall–Kier alpha value is -1.75. The summed E-state index contributed by atoms with van der Waals surface area (Å²) in [5.74, 6) is 0.498. The quantitative estimate of drug-likeness (QED) is 0.800. The van der Waals surface area contributed by atoms with Crippen LogP contribution in [0.4, 0.5) is 5.69 Å². The van der Waals surface area contributed by atoms with Gasteiger partial charge in [-0.25, -0.2) is 0 Å². The minimum absolute atomic E-state index is 0.0916. The van der Waals surface area contributed by atoms with Gasteiger partial charge in [-0.3, -0.25) is 4.79 Å². The van der Waals surface area contributed by atoms with Crippen molar-refractivity contribution in [3.05, 3.63) is 23.8 Å². The second-order valence-corrected chi connectivity index (χ2v) is 5.34. The van der Waals surface area contributed by atoms with Gasteiger partial charge in [0.15, 0.2) is 0 Å². The molecule has 1 amide bonds. The van der Waals surface area contributed by atoms with Crippen LogP contribution in [-0.2, 0) is 0 Å². The van der Waals surface area contributed by atoms with Crippen molar-refractivity contribution < 1.29 is 9.53 Å². The van der Waals surface area contributed by atoms with E-state index in [4.69, 9.17) is 10.5 Å². The number of nitrogens with zero attached hydrogens (tertiary/aromatic N) is 1. The third kappa shape index (κ3) is 3.63. The van der Waals surface area contributed by atoms with Gasteiger partial charge >= 0.3 is 0 Å². The Balaban J connectivity index is 1.91. The van der Waals surface area contributed by atoms with Crippen molar-refractivity contribution in [2.75, 3.05) is 32.5 Å². The van der Waals surface area contributed by atoms with E-state index in [-0.39, 0.29) is 11.9 Å². The zero-order valence-corrected chi connectivity index (χ0v) is 12.2. The standard InChI is InChI=1S/C15H23N3O2/c1-11(10-18-7-3-4-8-18)17-15(19)12-5-6-14(20-2)13(16)9-12/h5-6,9,11H,3-4,7-8,10,16H2,1-2H3,(H,17,19). The number of methoxy groups -OCH3 is 1. The Morgan fingerprint density at radius 1 is 1.45 bits per heavy atom. The van der Waals surface area contributed by atoms with Gasteiger partial charge in [-0.2, -0.15) is 0 Å². The topological polar surface area (TPSA) is 67.6 Å². The molecule has 1 unspecified atom stereocenters. The molecular formula is C15H23N3O2. The van der Waals surface area contributed by atoms with Crippen LogP contribution in [0.1, 0.15) is 30.1 Å². The van der Waals surface area contributed by atoms with E-state index in [1.165, 1.54) is 12.8 Å². The smallest absolute Gasteiger partial charge is 0.251 e. The number of carbonyl (C=O) groups is 1. The number of ether oxygens (including phenoxy) is 1. The molecule has 0 bridgehead atoms. The number of rotatable bonds is 5. The summed E-state index contributed by atoms with van der Waals surface area (Å²) >= 11 is 0. The molecule has 110 valence electrons. The molecule has 0 aromatic heterocycles. The summed E-state index contributed by atoms with van der Waals surface area (Å²) in [5.41, 5.74) is 6.86. The third-order valence-corrected chi connectivity index (χ3v) is 3.60. The van der Waals surface area contributed by atoms with E-state index in [1.807, 2.05) is 6.92 Å². The lowest BCUT2D eigenvalue weighted by Gasteiger charge is -2.21. The highest BCUT2D eigenvalue weighted by atomic mass is 16.5. The number of hydrogen-bond acceptors (Lipinski definition) is 4. The molecular weight excluding hydrogens is 254 g/mol. The Morgan fingerprint density at radius 3 is 2.75 bits per heavy atom. The number of amides is 1. The number of nitrogens with two attached hydrogens (primary N) is 1. The highest BCUT2D eigenvalue weighted by molar-refractivity contribution is 5.95. The fourth-order valence-electron chi connectivity index (χ4n) is 2.58. The number of benzene rings is 1. The van der Waals surface area contributed by atoms with E-state index in [0.29, 0.717) is 17.0 Å². The van der Waals surface area contributed by atoms with Gasteiger partial charge in [-0.15, -0.1) is 0 Å². The van der Waals surface area contributed by atoms with Gasteiger partial charge in [0.25, 0.3) is 5.91 Å². The number of carbonyl (C=O) groups excluding carboxylic acids is 1. The summed E-state index contributed by atoms with van der Waals surface area (Å²) < 4.78 is 5.09. The lowest BCUT2D eigenvalue weighted by molar-refractivity contribution is 0.0932. The fourth-order valence-corrected chi connectivity index (χ4v) is 2.58. The molecule has 5 heteroatoms. The summed E-state index contributed by atoms with van der Waals surface area (Å²) in [7, 11) is 1.56. The molecule has 1 aliphatic rings. The highest BCUT2D eigenvalue weighted by Crippen LogP contribution is 2.21. The van der Waals surface area contributed by atoms with Gasteiger partial charge in [0.05, 0.1) is 12.8 Å². The number of nitrogen functional groups attached to an aromatic ring is 1. The van der Waals surface area contributed by atoms with E-state index in [2.05, 4.69) is 10.2 Å². The number of hydrogen-bond donors (Lipinski definition) is 2. The summed E-state index contributed by atoms with van der Waals surface area (Å²) in [6, 6.07) is 5.23. The molecule has 0 spiro atoms. The van der Waals surface area contributed by atoms with Crippen LogP contribution in [0.25, 0.3) is 0 Å². The molecule has 0 aliphatic carbocycles. The summed E-state index contributed by atoms with van der Waals surface area (Å²) in [4.78, 5) is 14.5. The van der Waals surface area contributed by atoms with Crippen molar-refractivity contribution in [3.63, 3.8) is 0 Å². The van der Waals surface area contributed by atoms with E-state index in [0.717, 1.165) is 19.6 Å². The SMILES string of the molecule is COc1ccc(C(=O)NC(C)CN2CCCC2)cc1N. The molecule has 0 radical (unpaired) electrons. The monoisotopic (exact) mass is 277 g/mol. The molecule has 3 N–H and O–H groups in total. The number of likely N-dealkylation sites (tertiary alicyclic amines) is 1. The average molecular weight is 277 g/mol. The predicted octanol–water partition coefficient (Wildman–Crippen LogP) is 1.49. The van der Waals surface area contributed by atoms with E-state index < -0.39 is 0 Å². The summed E-state index contributed by atoms with van der Waals surface area (Å²) in [6.45, 7) is 5.20. The molecule has 1 saturated heterocycles. The van der Waals surface area contributed by atoms with Crippen LogP contribution >= 0.6 is 0 Å². The maximum Gasteiger partial charge on any atom is 0.251 e. The molecule has 1 aromatic rings. The van der Waals surface area contributed by atoms with Gasteiger partial charge in [-0.1, -0.05) is 0 Å². The normalized spacial score (nSPS) is 16.9. The van der Waals surface area contributed by atoms with E-state index in [9.17, 15) is 4.79 Å². The Kier molecular flexibility index (Phi) is 4.84. The zero-order valence-electron chi connectivity index (χ0n) is 12.2. The van der Waals surface area contributed by atoms with Crippen molar-refractivity contribution in [1.29, 1.82) is 0 Å². The van der Waals surface area contributed by atoms with Crippen LogP contribution < -0.4 is 15.8 Å². The molecule has 1 heterocycles. The van der Waals surface area contributed by atoms with Crippen LogP contribution in [0.2, 0.25) is 0 Å². The lowest BCUT2D eigenvalue weighted by atomic mass is 10.1.